The third-order valence-corrected chi connectivity index (χ3v) is 5.26. The Morgan fingerprint density at radius 2 is 1.80 bits per heavy atom. The van der Waals surface area contributed by atoms with Gasteiger partial charge in [-0.2, -0.15) is 25.3 Å². The number of aliphatic hydroxyl groups is 1. The van der Waals surface area contributed by atoms with Crippen molar-refractivity contribution in [2.45, 2.75) is 9.16 Å². The van der Waals surface area contributed by atoms with Crippen LogP contribution in [0.4, 0.5) is 0 Å². The van der Waals surface area contributed by atoms with Crippen LogP contribution in [-0.2, 0) is 14.3 Å². The highest BCUT2D eigenvalue weighted by atomic mass is 33.1. The second kappa shape index (κ2) is 8.45. The molecule has 15 heavy (non-hydrogen) atoms. The van der Waals surface area contributed by atoms with Gasteiger partial charge in [0.1, 0.15) is 6.61 Å². The van der Waals surface area contributed by atoms with Crippen LogP contribution in [0.25, 0.3) is 0 Å². The molecule has 0 aliphatic heterocycles. The smallest absolute Gasteiger partial charge is 0.330 e. The molecule has 0 heterocycles. The van der Waals surface area contributed by atoms with Gasteiger partial charge in [0.2, 0.25) is 0 Å². The van der Waals surface area contributed by atoms with Gasteiger partial charge in [-0.1, -0.05) is 21.6 Å². The molecule has 0 rings (SSSR count). The van der Waals surface area contributed by atoms with Gasteiger partial charge < -0.3 is 14.9 Å². The number of carboxylic acid groups (broad SMARTS) is 1. The Morgan fingerprint density at radius 3 is 2.27 bits per heavy atom. The van der Waals surface area contributed by atoms with Gasteiger partial charge in [0.05, 0.1) is 6.61 Å². The maximum absolute atomic E-state index is 11.1. The molecule has 0 aromatic carbocycles. The van der Waals surface area contributed by atoms with E-state index in [1.54, 1.807) is 0 Å². The molecule has 0 fully saturated rings. The van der Waals surface area contributed by atoms with E-state index < -0.39 is 21.1 Å². The van der Waals surface area contributed by atoms with E-state index in [2.05, 4.69) is 30.0 Å². The lowest BCUT2D eigenvalue weighted by atomic mass is 10.7. The zero-order valence-corrected chi connectivity index (χ0v) is 10.8. The van der Waals surface area contributed by atoms with Crippen LogP contribution in [-0.4, -0.2) is 44.5 Å². The lowest BCUT2D eigenvalue weighted by Gasteiger charge is -2.10. The van der Waals surface area contributed by atoms with Gasteiger partial charge in [0.25, 0.3) is 0 Å². The molecule has 2 unspecified atom stereocenters. The fourth-order valence-corrected chi connectivity index (χ4v) is 2.93. The number of carbonyl (C=O) groups is 2. The van der Waals surface area contributed by atoms with Crippen LogP contribution < -0.4 is 0 Å². The molecule has 88 valence electrons. The van der Waals surface area contributed by atoms with Gasteiger partial charge in [-0.05, 0) is 0 Å². The van der Waals surface area contributed by atoms with E-state index in [-0.39, 0.29) is 13.2 Å². The quantitative estimate of drug-likeness (QED) is 0.235. The van der Waals surface area contributed by atoms with Crippen molar-refractivity contribution in [1.29, 1.82) is 0 Å². The summed E-state index contributed by atoms with van der Waals surface area (Å²) in [6.07, 6.45) is 0. The topological polar surface area (TPSA) is 83.8 Å². The Bertz CT molecular complexity index is 224. The summed E-state index contributed by atoms with van der Waals surface area (Å²) in [4.78, 5) is 21.4. The molecule has 0 aromatic rings. The molecule has 0 amide bonds. The van der Waals surface area contributed by atoms with E-state index in [0.29, 0.717) is 0 Å². The first-order valence-corrected chi connectivity index (χ1v) is 6.98. The maximum Gasteiger partial charge on any atom is 0.330 e. The molecule has 0 spiro atoms. The van der Waals surface area contributed by atoms with Crippen LogP contribution in [0.5, 0.6) is 0 Å². The summed E-state index contributed by atoms with van der Waals surface area (Å²) in [6, 6.07) is 0. The van der Waals surface area contributed by atoms with Crippen LogP contribution in [0.3, 0.4) is 0 Å². The van der Waals surface area contributed by atoms with Crippen LogP contribution in [0.1, 0.15) is 0 Å². The van der Waals surface area contributed by atoms with Crippen LogP contribution in [0, 0.1) is 0 Å². The number of ether oxygens (including phenoxy) is 1. The average Bonchev–Trinajstić information content (AvgIpc) is 2.21. The Balaban J connectivity index is 3.77. The van der Waals surface area contributed by atoms with Crippen molar-refractivity contribution in [3.05, 3.63) is 0 Å². The number of aliphatic hydroxyl groups excluding tert-OH is 1. The molecular formula is C6H10O5S4. The van der Waals surface area contributed by atoms with Gasteiger partial charge in [-0.15, -0.1) is 0 Å². The zero-order valence-electron chi connectivity index (χ0n) is 7.40. The summed E-state index contributed by atoms with van der Waals surface area (Å²) < 4.78 is 2.86. The van der Waals surface area contributed by atoms with Gasteiger partial charge >= 0.3 is 11.9 Å². The summed E-state index contributed by atoms with van der Waals surface area (Å²) in [5.41, 5.74) is 0. The summed E-state index contributed by atoms with van der Waals surface area (Å²) in [5, 5.41) is 16.9. The highest BCUT2D eigenvalue weighted by Gasteiger charge is 2.20. The second-order valence-corrected chi connectivity index (χ2v) is 6.34. The van der Waals surface area contributed by atoms with Crippen molar-refractivity contribution in [2.24, 2.45) is 0 Å². The summed E-state index contributed by atoms with van der Waals surface area (Å²) in [6.45, 7) is -0.348. The van der Waals surface area contributed by atoms with Crippen molar-refractivity contribution in [1.82, 2.24) is 0 Å². The Labute approximate surface area is 106 Å². The molecule has 9 heteroatoms. The number of rotatable bonds is 7. The molecular weight excluding hydrogens is 280 g/mol. The van der Waals surface area contributed by atoms with E-state index in [1.807, 2.05) is 0 Å². The minimum atomic E-state index is -1.08. The van der Waals surface area contributed by atoms with Crippen LogP contribution in [0.15, 0.2) is 0 Å². The largest absolute Gasteiger partial charge is 0.480 e. The van der Waals surface area contributed by atoms with Gasteiger partial charge in [0.15, 0.2) is 9.16 Å². The molecule has 2 atom stereocenters. The molecule has 5 nitrogen and oxygen atoms in total. The Kier molecular flexibility index (Phi) is 8.62. The SMILES string of the molecule is O=C(O)C(S)SSC(S)C(=O)OCCO. The van der Waals surface area contributed by atoms with Crippen molar-refractivity contribution in [2.75, 3.05) is 13.2 Å². The highest BCUT2D eigenvalue weighted by molar-refractivity contribution is 8.79. The van der Waals surface area contributed by atoms with E-state index in [9.17, 15) is 9.59 Å². The van der Waals surface area contributed by atoms with Crippen molar-refractivity contribution in [3.63, 3.8) is 0 Å². The van der Waals surface area contributed by atoms with Crippen molar-refractivity contribution >= 4 is 58.8 Å². The monoisotopic (exact) mass is 290 g/mol. The zero-order chi connectivity index (χ0) is 11.8. The molecule has 0 bridgehead atoms. The predicted molar refractivity (Wildman–Crippen MR) is 66.4 cm³/mol. The molecule has 0 radical (unpaired) electrons. The van der Waals surface area contributed by atoms with Gasteiger partial charge in [-0.25, -0.2) is 4.79 Å². The molecule has 0 aromatic heterocycles. The minimum Gasteiger partial charge on any atom is -0.480 e. The van der Waals surface area contributed by atoms with Crippen molar-refractivity contribution in [3.8, 4) is 0 Å². The van der Waals surface area contributed by atoms with E-state index in [4.69, 9.17) is 10.2 Å². The molecule has 0 aliphatic rings. The number of carbonyl (C=O) groups excluding carboxylic acids is 1. The molecule has 0 saturated heterocycles. The van der Waals surface area contributed by atoms with E-state index >= 15 is 0 Å². The first kappa shape index (κ1) is 15.3. The normalized spacial score (nSPS) is 14.3. The Morgan fingerprint density at radius 1 is 1.27 bits per heavy atom. The number of hydrogen-bond acceptors (Lipinski definition) is 8. The number of thiol groups is 2. The Hall–Kier alpha value is 0.300. The third kappa shape index (κ3) is 7.23. The number of hydrogen-bond donors (Lipinski definition) is 4. The van der Waals surface area contributed by atoms with E-state index in [0.717, 1.165) is 21.6 Å². The predicted octanol–water partition coefficient (Wildman–Crippen LogP) is 0.500. The highest BCUT2D eigenvalue weighted by Crippen LogP contribution is 2.35. The third-order valence-electron chi connectivity index (χ3n) is 0.986. The van der Waals surface area contributed by atoms with Crippen molar-refractivity contribution < 1.29 is 24.5 Å². The number of aliphatic carboxylic acids is 1. The molecule has 2 N–H and O–H groups in total. The standard InChI is InChI=1S/C6H10O5S4/c7-1-2-11-4(10)6(13)15-14-5(12)3(8)9/h5-7,12-13H,1-2H2,(H,8,9). The summed E-state index contributed by atoms with van der Waals surface area (Å²) in [7, 11) is 1.83. The van der Waals surface area contributed by atoms with Gasteiger partial charge in [0, 0.05) is 0 Å². The second-order valence-electron chi connectivity index (χ2n) is 2.13. The lowest BCUT2D eigenvalue weighted by molar-refractivity contribution is -0.142. The average molecular weight is 290 g/mol. The van der Waals surface area contributed by atoms with Crippen LogP contribution in [0.2, 0.25) is 0 Å². The molecule has 0 aliphatic carbocycles. The first-order chi connectivity index (χ1) is 6.99. The maximum atomic E-state index is 11.1. The van der Waals surface area contributed by atoms with Gasteiger partial charge in [-0.3, -0.25) is 4.79 Å². The molecule has 0 saturated carbocycles. The number of carboxylic acids is 1. The summed E-state index contributed by atoms with van der Waals surface area (Å²) >= 11 is 7.66. The fourth-order valence-electron chi connectivity index (χ4n) is 0.403. The first-order valence-electron chi connectivity index (χ1n) is 3.67. The minimum absolute atomic E-state index is 0.0929. The fraction of sp³-hybridized carbons (Fsp3) is 0.667. The van der Waals surface area contributed by atoms with Crippen LogP contribution >= 0.6 is 46.8 Å². The number of esters is 1. The summed E-state index contributed by atoms with van der Waals surface area (Å²) in [5.74, 6) is -1.70. The lowest BCUT2D eigenvalue weighted by Crippen LogP contribution is -2.17. The van der Waals surface area contributed by atoms with E-state index in [1.165, 1.54) is 0 Å².